The van der Waals surface area contributed by atoms with Gasteiger partial charge in [-0.2, -0.15) is 0 Å². The molecule has 130 valence electrons. The molecular weight excluding hydrogens is 450 g/mol. The standard InChI is InChI=1S/C15H15Br2NO6/c1-21-11-5-8(16)4-10(17)13(11)18-7-24-6-9(14(19)22-2)12(18)15(20)23-3/h4-5H,6-7H2,1-3H3. The van der Waals surface area contributed by atoms with Crippen molar-refractivity contribution in [3.8, 4) is 5.75 Å². The van der Waals surface area contributed by atoms with Gasteiger partial charge in [0, 0.05) is 8.95 Å². The highest BCUT2D eigenvalue weighted by Gasteiger charge is 2.34. The van der Waals surface area contributed by atoms with Crippen molar-refractivity contribution in [3.63, 3.8) is 0 Å². The molecule has 0 atom stereocenters. The first kappa shape index (κ1) is 18.8. The Morgan fingerprint density at radius 1 is 1.12 bits per heavy atom. The van der Waals surface area contributed by atoms with Crippen molar-refractivity contribution in [1.82, 2.24) is 0 Å². The molecule has 1 aliphatic rings. The van der Waals surface area contributed by atoms with Crippen molar-refractivity contribution in [2.24, 2.45) is 0 Å². The van der Waals surface area contributed by atoms with Crippen LogP contribution in [0, 0.1) is 0 Å². The van der Waals surface area contributed by atoms with Gasteiger partial charge in [-0.25, -0.2) is 9.59 Å². The Labute approximate surface area is 155 Å². The second-order valence-corrected chi connectivity index (χ2v) is 6.42. The molecule has 9 heteroatoms. The minimum absolute atomic E-state index is 0.0432. The molecule has 0 aliphatic carbocycles. The molecule has 0 bridgehead atoms. The van der Waals surface area contributed by atoms with E-state index in [9.17, 15) is 9.59 Å². The maximum Gasteiger partial charge on any atom is 0.355 e. The lowest BCUT2D eigenvalue weighted by Gasteiger charge is -2.32. The Balaban J connectivity index is 2.68. The highest BCUT2D eigenvalue weighted by Crippen LogP contribution is 2.41. The molecule has 0 saturated heterocycles. The highest BCUT2D eigenvalue weighted by molar-refractivity contribution is 9.11. The summed E-state index contributed by atoms with van der Waals surface area (Å²) in [5.74, 6) is -0.852. The maximum atomic E-state index is 12.3. The van der Waals surface area contributed by atoms with Crippen molar-refractivity contribution < 1.29 is 28.5 Å². The molecule has 0 amide bonds. The SMILES string of the molecule is COC(=O)C1=C(C(=O)OC)N(c2c(Br)cc(Br)cc2OC)COC1. The van der Waals surface area contributed by atoms with Gasteiger partial charge in [0.1, 0.15) is 23.9 Å². The predicted octanol–water partition coefficient (Wildman–Crippen LogP) is 2.61. The first-order chi connectivity index (χ1) is 11.4. The highest BCUT2D eigenvalue weighted by atomic mass is 79.9. The maximum absolute atomic E-state index is 12.3. The Bertz CT molecular complexity index is 703. The quantitative estimate of drug-likeness (QED) is 0.634. The number of nitrogens with zero attached hydrogens (tertiary/aromatic N) is 1. The van der Waals surface area contributed by atoms with E-state index in [0.717, 1.165) is 4.47 Å². The number of hydrogen-bond acceptors (Lipinski definition) is 7. The van der Waals surface area contributed by atoms with E-state index in [0.29, 0.717) is 15.9 Å². The first-order valence-corrected chi connectivity index (χ1v) is 8.31. The largest absolute Gasteiger partial charge is 0.494 e. The van der Waals surface area contributed by atoms with E-state index in [2.05, 4.69) is 31.9 Å². The second-order valence-electron chi connectivity index (χ2n) is 4.65. The zero-order valence-corrected chi connectivity index (χ0v) is 16.4. The number of ether oxygens (including phenoxy) is 4. The molecule has 1 aliphatic heterocycles. The van der Waals surface area contributed by atoms with E-state index in [-0.39, 0.29) is 24.6 Å². The fourth-order valence-corrected chi connectivity index (χ4v) is 3.68. The molecule has 0 unspecified atom stereocenters. The average Bonchev–Trinajstić information content (AvgIpc) is 2.59. The summed E-state index contributed by atoms with van der Waals surface area (Å²) in [6, 6.07) is 3.53. The van der Waals surface area contributed by atoms with Crippen LogP contribution in [0.5, 0.6) is 5.75 Å². The minimum atomic E-state index is -0.671. The second kappa shape index (κ2) is 8.00. The normalized spacial score (nSPS) is 14.5. The summed E-state index contributed by atoms with van der Waals surface area (Å²) in [4.78, 5) is 25.8. The number of rotatable bonds is 4. The van der Waals surface area contributed by atoms with Gasteiger partial charge in [0.05, 0.1) is 33.5 Å². The number of hydrogen-bond donors (Lipinski definition) is 0. The molecule has 1 heterocycles. The number of halogens is 2. The van der Waals surface area contributed by atoms with Crippen LogP contribution in [0.25, 0.3) is 0 Å². The van der Waals surface area contributed by atoms with E-state index < -0.39 is 11.9 Å². The molecule has 0 aromatic heterocycles. The summed E-state index contributed by atoms with van der Waals surface area (Å²) in [5, 5.41) is 0. The van der Waals surface area contributed by atoms with Gasteiger partial charge in [0.15, 0.2) is 0 Å². The van der Waals surface area contributed by atoms with Gasteiger partial charge in [0.2, 0.25) is 0 Å². The van der Waals surface area contributed by atoms with Crippen LogP contribution in [0.15, 0.2) is 32.3 Å². The van der Waals surface area contributed by atoms with Crippen LogP contribution in [0.1, 0.15) is 0 Å². The fourth-order valence-electron chi connectivity index (χ4n) is 2.28. The van der Waals surface area contributed by atoms with Gasteiger partial charge in [-0.05, 0) is 28.1 Å². The summed E-state index contributed by atoms with van der Waals surface area (Å²) in [7, 11) is 3.98. The smallest absolute Gasteiger partial charge is 0.355 e. The van der Waals surface area contributed by atoms with Gasteiger partial charge in [-0.3, -0.25) is 0 Å². The summed E-state index contributed by atoms with van der Waals surface area (Å²) < 4.78 is 21.9. The monoisotopic (exact) mass is 463 g/mol. The van der Waals surface area contributed by atoms with Crippen LogP contribution in [0.3, 0.4) is 0 Å². The van der Waals surface area contributed by atoms with Gasteiger partial charge >= 0.3 is 11.9 Å². The summed E-state index contributed by atoms with van der Waals surface area (Å²) in [5.41, 5.74) is 0.659. The fraction of sp³-hybridized carbons (Fsp3) is 0.333. The zero-order valence-electron chi connectivity index (χ0n) is 13.2. The van der Waals surface area contributed by atoms with E-state index in [1.807, 2.05) is 0 Å². The van der Waals surface area contributed by atoms with Crippen molar-refractivity contribution in [2.45, 2.75) is 0 Å². The number of carbonyl (C=O) groups is 2. The molecule has 0 radical (unpaired) electrons. The van der Waals surface area contributed by atoms with E-state index in [4.69, 9.17) is 18.9 Å². The van der Waals surface area contributed by atoms with Gasteiger partial charge in [-0.15, -0.1) is 0 Å². The van der Waals surface area contributed by atoms with Crippen LogP contribution >= 0.6 is 31.9 Å². The van der Waals surface area contributed by atoms with E-state index in [1.54, 1.807) is 12.1 Å². The zero-order chi connectivity index (χ0) is 17.9. The Morgan fingerprint density at radius 3 is 2.38 bits per heavy atom. The Kier molecular flexibility index (Phi) is 6.25. The van der Waals surface area contributed by atoms with Gasteiger partial charge in [-0.1, -0.05) is 15.9 Å². The lowest BCUT2D eigenvalue weighted by molar-refractivity contribution is -0.140. The first-order valence-electron chi connectivity index (χ1n) is 6.72. The van der Waals surface area contributed by atoms with Crippen LogP contribution in [-0.4, -0.2) is 46.6 Å². The summed E-state index contributed by atoms with van der Waals surface area (Å²) in [6.07, 6.45) is 0. The van der Waals surface area contributed by atoms with E-state index in [1.165, 1.54) is 26.2 Å². The molecule has 1 aromatic carbocycles. The molecule has 0 N–H and O–H groups in total. The third-order valence-corrected chi connectivity index (χ3v) is 4.38. The molecule has 2 rings (SSSR count). The topological polar surface area (TPSA) is 74.3 Å². The molecular formula is C15H15Br2NO6. The molecule has 24 heavy (non-hydrogen) atoms. The summed E-state index contributed by atoms with van der Waals surface area (Å²) >= 11 is 6.83. The van der Waals surface area contributed by atoms with E-state index >= 15 is 0 Å². The number of benzene rings is 1. The van der Waals surface area contributed by atoms with Crippen molar-refractivity contribution in [2.75, 3.05) is 39.6 Å². The number of esters is 2. The third kappa shape index (κ3) is 3.57. The number of methoxy groups -OCH3 is 3. The molecule has 1 aromatic rings. The molecule has 0 spiro atoms. The van der Waals surface area contributed by atoms with Crippen LogP contribution in [0.4, 0.5) is 5.69 Å². The van der Waals surface area contributed by atoms with Gasteiger partial charge in [0.25, 0.3) is 0 Å². The number of anilines is 1. The van der Waals surface area contributed by atoms with Crippen LogP contribution in [0.2, 0.25) is 0 Å². The van der Waals surface area contributed by atoms with Crippen LogP contribution in [-0.2, 0) is 23.8 Å². The summed E-state index contributed by atoms with van der Waals surface area (Å²) in [6.45, 7) is -0.00834. The lowest BCUT2D eigenvalue weighted by Crippen LogP contribution is -2.39. The lowest BCUT2D eigenvalue weighted by atomic mass is 10.1. The predicted molar refractivity (Wildman–Crippen MR) is 92.8 cm³/mol. The third-order valence-electron chi connectivity index (χ3n) is 3.32. The molecule has 0 fully saturated rings. The molecule has 7 nitrogen and oxygen atoms in total. The van der Waals surface area contributed by atoms with Crippen molar-refractivity contribution in [3.05, 3.63) is 32.3 Å². The number of carbonyl (C=O) groups excluding carboxylic acids is 2. The molecule has 0 saturated carbocycles. The average molecular weight is 465 g/mol. The van der Waals surface area contributed by atoms with Crippen molar-refractivity contribution in [1.29, 1.82) is 0 Å². The van der Waals surface area contributed by atoms with Crippen molar-refractivity contribution >= 4 is 49.5 Å². The Morgan fingerprint density at radius 2 is 1.79 bits per heavy atom. The van der Waals surface area contributed by atoms with Crippen LogP contribution < -0.4 is 9.64 Å². The van der Waals surface area contributed by atoms with Gasteiger partial charge < -0.3 is 23.8 Å². The Hall–Kier alpha value is -1.58. The minimum Gasteiger partial charge on any atom is -0.494 e.